The molecule has 86 valence electrons. The molecule has 2 fully saturated rings. The van der Waals surface area contributed by atoms with Gasteiger partial charge in [-0.05, 0) is 19.4 Å². The Balaban J connectivity index is 1.91. The van der Waals surface area contributed by atoms with Crippen molar-refractivity contribution < 1.29 is 9.59 Å². The van der Waals surface area contributed by atoms with Crippen molar-refractivity contribution >= 4 is 11.8 Å². The number of likely N-dealkylation sites (tertiary alicyclic amines) is 1. The van der Waals surface area contributed by atoms with Gasteiger partial charge in [-0.2, -0.15) is 5.26 Å². The van der Waals surface area contributed by atoms with E-state index in [1.165, 1.54) is 4.90 Å². The normalized spacial score (nSPS) is 28.9. The summed E-state index contributed by atoms with van der Waals surface area (Å²) in [4.78, 5) is 24.5. The molecule has 1 saturated heterocycles. The molecular formula is C11H15N3O2. The molecule has 1 N–H and O–H groups in total. The van der Waals surface area contributed by atoms with Crippen LogP contribution in [0.5, 0.6) is 0 Å². The molecule has 0 aromatic carbocycles. The summed E-state index contributed by atoms with van der Waals surface area (Å²) in [7, 11) is 0. The molecule has 3 unspecified atom stereocenters. The van der Waals surface area contributed by atoms with Crippen LogP contribution in [0.25, 0.3) is 0 Å². The van der Waals surface area contributed by atoms with Gasteiger partial charge in [-0.3, -0.25) is 14.5 Å². The monoisotopic (exact) mass is 221 g/mol. The average Bonchev–Trinajstić information content (AvgIpc) is 3.03. The van der Waals surface area contributed by atoms with E-state index < -0.39 is 6.04 Å². The number of imide groups is 1. The van der Waals surface area contributed by atoms with Crippen LogP contribution < -0.4 is 5.32 Å². The first-order valence-corrected chi connectivity index (χ1v) is 5.67. The van der Waals surface area contributed by atoms with Crippen LogP contribution in [0.1, 0.15) is 19.8 Å². The second kappa shape index (κ2) is 4.22. The number of carbonyl (C=O) groups excluding carboxylic acids is 2. The fourth-order valence-electron chi connectivity index (χ4n) is 2.08. The van der Waals surface area contributed by atoms with Crippen LogP contribution in [0.4, 0.5) is 0 Å². The Morgan fingerprint density at radius 3 is 2.62 bits per heavy atom. The number of piperidine rings is 1. The molecule has 1 saturated carbocycles. The van der Waals surface area contributed by atoms with Crippen molar-refractivity contribution in [1.29, 1.82) is 5.26 Å². The third-order valence-corrected chi connectivity index (χ3v) is 3.12. The van der Waals surface area contributed by atoms with E-state index in [-0.39, 0.29) is 30.2 Å². The van der Waals surface area contributed by atoms with Crippen LogP contribution in [0, 0.1) is 23.2 Å². The van der Waals surface area contributed by atoms with Gasteiger partial charge < -0.3 is 5.32 Å². The summed E-state index contributed by atoms with van der Waals surface area (Å²) >= 11 is 0. The maximum absolute atomic E-state index is 11.7. The van der Waals surface area contributed by atoms with Crippen molar-refractivity contribution in [3.63, 3.8) is 0 Å². The molecule has 1 aliphatic carbocycles. The molecule has 1 aliphatic heterocycles. The number of nitrogens with zero attached hydrogens (tertiary/aromatic N) is 2. The summed E-state index contributed by atoms with van der Waals surface area (Å²) in [6, 6.07) is 1.64. The fourth-order valence-corrected chi connectivity index (χ4v) is 2.08. The fraction of sp³-hybridized carbons (Fsp3) is 0.727. The molecule has 2 amide bonds. The maximum Gasteiger partial charge on any atom is 0.233 e. The van der Waals surface area contributed by atoms with E-state index in [0.29, 0.717) is 6.42 Å². The largest absolute Gasteiger partial charge is 0.300 e. The van der Waals surface area contributed by atoms with Crippen LogP contribution in [0.3, 0.4) is 0 Å². The highest BCUT2D eigenvalue weighted by atomic mass is 16.2. The minimum atomic E-state index is -0.439. The highest BCUT2D eigenvalue weighted by Crippen LogP contribution is 2.46. The number of nitriles is 1. The minimum absolute atomic E-state index is 0.0713. The number of nitrogens with one attached hydrogen (secondary N) is 1. The summed E-state index contributed by atoms with van der Waals surface area (Å²) in [5, 5.41) is 11.9. The van der Waals surface area contributed by atoms with Crippen molar-refractivity contribution in [2.45, 2.75) is 25.8 Å². The standard InChI is InChI=1S/C11H15N3O2/c1-2-3-13-7(5-12)6-14-10(15)8-4-9(8)11(14)16/h7-9,13H,2-4,6H2,1H3. The first-order chi connectivity index (χ1) is 7.69. The summed E-state index contributed by atoms with van der Waals surface area (Å²) in [6.07, 6.45) is 1.64. The van der Waals surface area contributed by atoms with E-state index in [9.17, 15) is 9.59 Å². The molecule has 0 bridgehead atoms. The van der Waals surface area contributed by atoms with Gasteiger partial charge in [0.15, 0.2) is 0 Å². The molecule has 16 heavy (non-hydrogen) atoms. The smallest absolute Gasteiger partial charge is 0.233 e. The van der Waals surface area contributed by atoms with Crippen LogP contribution in [0.15, 0.2) is 0 Å². The molecule has 5 heteroatoms. The number of rotatable bonds is 5. The predicted molar refractivity (Wildman–Crippen MR) is 56.0 cm³/mol. The van der Waals surface area contributed by atoms with Crippen molar-refractivity contribution in [3.05, 3.63) is 0 Å². The quantitative estimate of drug-likeness (QED) is 0.657. The van der Waals surface area contributed by atoms with E-state index >= 15 is 0 Å². The lowest BCUT2D eigenvalue weighted by Crippen LogP contribution is -2.44. The van der Waals surface area contributed by atoms with E-state index in [2.05, 4.69) is 11.4 Å². The molecule has 2 rings (SSSR count). The number of hydrogen-bond acceptors (Lipinski definition) is 4. The van der Waals surface area contributed by atoms with Gasteiger partial charge in [0.2, 0.25) is 11.8 Å². The van der Waals surface area contributed by atoms with Gasteiger partial charge in [-0.25, -0.2) is 0 Å². The number of fused-ring (bicyclic) bond motifs is 1. The SMILES string of the molecule is CCCNC(C#N)CN1C(=O)C2CC2C1=O. The van der Waals surface area contributed by atoms with Gasteiger partial charge in [-0.15, -0.1) is 0 Å². The van der Waals surface area contributed by atoms with Gasteiger partial charge in [-0.1, -0.05) is 6.92 Å². The van der Waals surface area contributed by atoms with Crippen LogP contribution >= 0.6 is 0 Å². The van der Waals surface area contributed by atoms with E-state index in [1.807, 2.05) is 6.92 Å². The minimum Gasteiger partial charge on any atom is -0.300 e. The molecule has 0 aromatic rings. The lowest BCUT2D eigenvalue weighted by atomic mass is 10.2. The predicted octanol–water partition coefficient (Wildman–Crippen LogP) is -0.117. The Labute approximate surface area is 94.4 Å². The zero-order valence-electron chi connectivity index (χ0n) is 9.27. The van der Waals surface area contributed by atoms with Gasteiger partial charge >= 0.3 is 0 Å². The van der Waals surface area contributed by atoms with Gasteiger partial charge in [0, 0.05) is 0 Å². The van der Waals surface area contributed by atoms with Crippen molar-refractivity contribution in [2.75, 3.05) is 13.1 Å². The van der Waals surface area contributed by atoms with E-state index in [0.717, 1.165) is 13.0 Å². The first kappa shape index (κ1) is 11.1. The van der Waals surface area contributed by atoms with Gasteiger partial charge in [0.1, 0.15) is 6.04 Å². The van der Waals surface area contributed by atoms with E-state index in [4.69, 9.17) is 5.26 Å². The molecule has 2 aliphatic rings. The average molecular weight is 221 g/mol. The molecule has 5 nitrogen and oxygen atoms in total. The van der Waals surface area contributed by atoms with Crippen molar-refractivity contribution in [1.82, 2.24) is 10.2 Å². The third-order valence-electron chi connectivity index (χ3n) is 3.12. The summed E-state index contributed by atoms with van der Waals surface area (Å²) in [5.74, 6) is -0.321. The zero-order chi connectivity index (χ0) is 11.7. The topological polar surface area (TPSA) is 73.2 Å². The Bertz CT molecular complexity index is 341. The van der Waals surface area contributed by atoms with Gasteiger partial charge in [0.25, 0.3) is 0 Å². The Morgan fingerprint density at radius 1 is 1.50 bits per heavy atom. The van der Waals surface area contributed by atoms with Crippen LogP contribution in [-0.2, 0) is 9.59 Å². The highest BCUT2D eigenvalue weighted by Gasteiger charge is 2.58. The summed E-state index contributed by atoms with van der Waals surface area (Å²) in [6.45, 7) is 2.92. The summed E-state index contributed by atoms with van der Waals surface area (Å²) in [5.41, 5.74) is 0. The lowest BCUT2D eigenvalue weighted by molar-refractivity contribution is -0.141. The molecule has 1 heterocycles. The van der Waals surface area contributed by atoms with Crippen LogP contribution in [0.2, 0.25) is 0 Å². The molecule has 0 spiro atoms. The summed E-state index contributed by atoms with van der Waals surface area (Å²) < 4.78 is 0. The second-order valence-electron chi connectivity index (χ2n) is 4.37. The van der Waals surface area contributed by atoms with E-state index in [1.54, 1.807) is 0 Å². The Kier molecular flexibility index (Phi) is 2.92. The zero-order valence-corrected chi connectivity index (χ0v) is 9.27. The number of carbonyl (C=O) groups is 2. The van der Waals surface area contributed by atoms with Crippen molar-refractivity contribution in [2.24, 2.45) is 11.8 Å². The number of hydrogen-bond donors (Lipinski definition) is 1. The molecule has 0 radical (unpaired) electrons. The third kappa shape index (κ3) is 1.81. The molecule has 0 aromatic heterocycles. The second-order valence-corrected chi connectivity index (χ2v) is 4.37. The Hall–Kier alpha value is -1.41. The maximum atomic E-state index is 11.7. The van der Waals surface area contributed by atoms with Crippen LogP contribution in [-0.4, -0.2) is 35.8 Å². The number of amides is 2. The molecular weight excluding hydrogens is 206 g/mol. The van der Waals surface area contributed by atoms with Crippen molar-refractivity contribution in [3.8, 4) is 6.07 Å². The van der Waals surface area contributed by atoms with Gasteiger partial charge in [0.05, 0.1) is 24.4 Å². The highest BCUT2D eigenvalue weighted by molar-refractivity contribution is 6.08. The lowest BCUT2D eigenvalue weighted by Gasteiger charge is -2.20. The molecule has 3 atom stereocenters. The first-order valence-electron chi connectivity index (χ1n) is 5.67. The Morgan fingerprint density at radius 2 is 2.12 bits per heavy atom.